The van der Waals surface area contributed by atoms with Gasteiger partial charge in [-0.1, -0.05) is 11.6 Å². The second-order valence-electron chi connectivity index (χ2n) is 4.60. The van der Waals surface area contributed by atoms with E-state index < -0.39 is 0 Å². The van der Waals surface area contributed by atoms with Crippen LogP contribution in [0.3, 0.4) is 0 Å². The maximum Gasteiger partial charge on any atom is 0.254 e. The molecule has 7 nitrogen and oxygen atoms in total. The van der Waals surface area contributed by atoms with Gasteiger partial charge in [0, 0.05) is 25.7 Å². The molecular weight excluding hydrogens is 282 g/mol. The van der Waals surface area contributed by atoms with Crippen molar-refractivity contribution in [2.75, 3.05) is 32.1 Å². The fourth-order valence-electron chi connectivity index (χ4n) is 2.04. The third-order valence-electron chi connectivity index (χ3n) is 3.15. The molecule has 1 saturated heterocycles. The first-order valence-corrected chi connectivity index (χ1v) is 6.56. The van der Waals surface area contributed by atoms with Crippen LogP contribution in [0, 0.1) is 0 Å². The topological polar surface area (TPSA) is 91.6 Å². The van der Waals surface area contributed by atoms with Gasteiger partial charge in [-0.15, -0.1) is 0 Å². The Labute approximate surface area is 121 Å². The highest BCUT2D eigenvalue weighted by Crippen LogP contribution is 2.16. The molecule has 0 bridgehead atoms. The van der Waals surface area contributed by atoms with Gasteiger partial charge in [-0.2, -0.15) is 0 Å². The molecule has 2 amide bonds. The van der Waals surface area contributed by atoms with Crippen molar-refractivity contribution in [1.82, 2.24) is 14.8 Å². The predicted octanol–water partition coefficient (Wildman–Crippen LogP) is 0.325. The number of carbonyl (C=O) groups is 2. The summed E-state index contributed by atoms with van der Waals surface area (Å²) in [7, 11) is 1.73. The van der Waals surface area contributed by atoms with Gasteiger partial charge in [0.2, 0.25) is 5.91 Å². The Bertz CT molecular complexity index is 537. The van der Waals surface area contributed by atoms with Crippen molar-refractivity contribution in [1.29, 1.82) is 0 Å². The van der Waals surface area contributed by atoms with Crippen LogP contribution in [0.25, 0.3) is 0 Å². The van der Waals surface area contributed by atoms with E-state index in [1.165, 1.54) is 17.0 Å². The number of rotatable bonds is 2. The third-order valence-corrected chi connectivity index (χ3v) is 3.34. The number of nitrogen functional groups attached to an aromatic ring is 1. The van der Waals surface area contributed by atoms with E-state index in [0.29, 0.717) is 24.5 Å². The number of nitrogens with zero attached hydrogens (tertiary/aromatic N) is 3. The summed E-state index contributed by atoms with van der Waals surface area (Å²) >= 11 is 5.84. The fourth-order valence-corrected chi connectivity index (χ4v) is 2.25. The number of pyridine rings is 1. The SMILES string of the molecule is CN1CCCN(C(=O)c2cc(Cl)nc(NN)c2)CC1=O. The predicted molar refractivity (Wildman–Crippen MR) is 75.2 cm³/mol. The Morgan fingerprint density at radius 3 is 2.90 bits per heavy atom. The summed E-state index contributed by atoms with van der Waals surface area (Å²) in [6.07, 6.45) is 0.745. The number of carbonyl (C=O) groups excluding carboxylic acids is 2. The van der Waals surface area contributed by atoms with Gasteiger partial charge < -0.3 is 15.2 Å². The number of aromatic nitrogens is 1. The van der Waals surface area contributed by atoms with E-state index in [1.54, 1.807) is 11.9 Å². The van der Waals surface area contributed by atoms with Crippen LogP contribution in [0.5, 0.6) is 0 Å². The van der Waals surface area contributed by atoms with E-state index in [-0.39, 0.29) is 23.5 Å². The highest BCUT2D eigenvalue weighted by molar-refractivity contribution is 6.29. The molecule has 0 aliphatic carbocycles. The van der Waals surface area contributed by atoms with Crippen molar-refractivity contribution in [3.63, 3.8) is 0 Å². The fraction of sp³-hybridized carbons (Fsp3) is 0.417. The van der Waals surface area contributed by atoms with Crippen molar-refractivity contribution in [2.45, 2.75) is 6.42 Å². The number of nitrogens with two attached hydrogens (primary N) is 1. The lowest BCUT2D eigenvalue weighted by atomic mass is 10.2. The normalized spacial score (nSPS) is 16.1. The second-order valence-corrected chi connectivity index (χ2v) is 4.99. The summed E-state index contributed by atoms with van der Waals surface area (Å²) in [6.45, 7) is 1.25. The van der Waals surface area contributed by atoms with E-state index in [2.05, 4.69) is 10.4 Å². The number of anilines is 1. The lowest BCUT2D eigenvalue weighted by Gasteiger charge is -2.20. The van der Waals surface area contributed by atoms with E-state index in [9.17, 15) is 9.59 Å². The molecule has 0 unspecified atom stereocenters. The third kappa shape index (κ3) is 3.17. The van der Waals surface area contributed by atoms with Gasteiger partial charge in [-0.05, 0) is 18.6 Å². The molecule has 20 heavy (non-hydrogen) atoms. The Hall–Kier alpha value is -1.86. The minimum absolute atomic E-state index is 0.0701. The van der Waals surface area contributed by atoms with E-state index >= 15 is 0 Å². The maximum atomic E-state index is 12.4. The summed E-state index contributed by atoms with van der Waals surface area (Å²) in [5, 5.41) is 0.169. The van der Waals surface area contributed by atoms with E-state index in [0.717, 1.165) is 6.42 Å². The summed E-state index contributed by atoms with van der Waals surface area (Å²) < 4.78 is 0. The van der Waals surface area contributed by atoms with Crippen molar-refractivity contribution in [3.8, 4) is 0 Å². The largest absolute Gasteiger partial charge is 0.344 e. The van der Waals surface area contributed by atoms with Crippen molar-refractivity contribution >= 4 is 29.2 Å². The summed E-state index contributed by atoms with van der Waals surface area (Å²) in [5.74, 6) is 5.25. The zero-order valence-corrected chi connectivity index (χ0v) is 11.9. The number of amides is 2. The van der Waals surface area contributed by atoms with Crippen LogP contribution < -0.4 is 11.3 Å². The molecule has 2 heterocycles. The lowest BCUT2D eigenvalue weighted by Crippen LogP contribution is -2.38. The van der Waals surface area contributed by atoms with Gasteiger partial charge in [-0.25, -0.2) is 10.8 Å². The van der Waals surface area contributed by atoms with Crippen LogP contribution in [0.4, 0.5) is 5.82 Å². The molecule has 1 aromatic rings. The minimum atomic E-state index is -0.255. The summed E-state index contributed by atoms with van der Waals surface area (Å²) in [6, 6.07) is 2.97. The lowest BCUT2D eigenvalue weighted by molar-refractivity contribution is -0.129. The average Bonchev–Trinajstić information content (AvgIpc) is 2.59. The monoisotopic (exact) mass is 297 g/mol. The molecule has 8 heteroatoms. The van der Waals surface area contributed by atoms with E-state index in [1.807, 2.05) is 0 Å². The van der Waals surface area contributed by atoms with Gasteiger partial charge in [0.15, 0.2) is 0 Å². The van der Waals surface area contributed by atoms with Crippen LogP contribution in [0.2, 0.25) is 5.15 Å². The Kier molecular flexibility index (Phi) is 4.41. The first-order valence-electron chi connectivity index (χ1n) is 6.18. The summed E-state index contributed by atoms with van der Waals surface area (Å²) in [5.41, 5.74) is 2.71. The Morgan fingerprint density at radius 1 is 1.45 bits per heavy atom. The van der Waals surface area contributed by atoms with Crippen molar-refractivity contribution < 1.29 is 9.59 Å². The van der Waals surface area contributed by atoms with Crippen LogP contribution in [-0.2, 0) is 4.79 Å². The number of likely N-dealkylation sites (N-methyl/N-ethyl adjacent to an activating group) is 1. The molecule has 0 atom stereocenters. The maximum absolute atomic E-state index is 12.4. The highest BCUT2D eigenvalue weighted by atomic mass is 35.5. The number of hydrazine groups is 1. The number of hydrogen-bond donors (Lipinski definition) is 2. The Balaban J connectivity index is 2.22. The van der Waals surface area contributed by atoms with Crippen molar-refractivity contribution in [3.05, 3.63) is 22.8 Å². The molecule has 1 aromatic heterocycles. The average molecular weight is 298 g/mol. The van der Waals surface area contributed by atoms with Gasteiger partial charge >= 0.3 is 0 Å². The van der Waals surface area contributed by atoms with Gasteiger partial charge in [0.1, 0.15) is 17.5 Å². The van der Waals surface area contributed by atoms with Crippen LogP contribution >= 0.6 is 11.6 Å². The zero-order valence-electron chi connectivity index (χ0n) is 11.1. The molecule has 1 fully saturated rings. The second kappa shape index (κ2) is 6.06. The quantitative estimate of drug-likeness (QED) is 0.466. The standard InChI is InChI=1S/C12H16ClN5O2/c1-17-3-2-4-18(7-11(17)19)12(20)8-5-9(13)15-10(6-8)16-14/h5-6H,2-4,7,14H2,1H3,(H,15,16). The molecule has 108 valence electrons. The number of halogens is 1. The zero-order chi connectivity index (χ0) is 14.7. The first kappa shape index (κ1) is 14.5. The Morgan fingerprint density at radius 2 is 2.20 bits per heavy atom. The van der Waals surface area contributed by atoms with E-state index in [4.69, 9.17) is 17.4 Å². The molecule has 0 spiro atoms. The molecule has 0 aromatic carbocycles. The molecule has 0 radical (unpaired) electrons. The molecular formula is C12H16ClN5O2. The molecule has 3 N–H and O–H groups in total. The minimum Gasteiger partial charge on any atom is -0.344 e. The van der Waals surface area contributed by atoms with Gasteiger partial charge in [-0.3, -0.25) is 9.59 Å². The van der Waals surface area contributed by atoms with Crippen LogP contribution in [0.15, 0.2) is 12.1 Å². The smallest absolute Gasteiger partial charge is 0.254 e. The molecule has 0 saturated carbocycles. The van der Waals surface area contributed by atoms with Crippen LogP contribution in [0.1, 0.15) is 16.8 Å². The molecule has 1 aliphatic heterocycles. The molecule has 1 aliphatic rings. The summed E-state index contributed by atoms with van der Waals surface area (Å²) in [4.78, 5) is 31.3. The highest BCUT2D eigenvalue weighted by Gasteiger charge is 2.24. The van der Waals surface area contributed by atoms with Crippen LogP contribution in [-0.4, -0.2) is 53.3 Å². The first-order chi connectivity index (χ1) is 9.51. The number of hydrogen-bond acceptors (Lipinski definition) is 5. The molecule has 2 rings (SSSR count). The number of nitrogens with one attached hydrogen (secondary N) is 1. The van der Waals surface area contributed by atoms with Gasteiger partial charge in [0.05, 0.1) is 0 Å². The van der Waals surface area contributed by atoms with Crippen molar-refractivity contribution in [2.24, 2.45) is 5.84 Å². The van der Waals surface area contributed by atoms with Gasteiger partial charge in [0.25, 0.3) is 5.91 Å².